The maximum atomic E-state index is 4.68. The lowest BCUT2D eigenvalue weighted by molar-refractivity contribution is 0.666. The summed E-state index contributed by atoms with van der Waals surface area (Å²) in [4.78, 5) is 7.09. The van der Waals surface area contributed by atoms with Gasteiger partial charge in [0, 0.05) is 36.5 Å². The second kappa shape index (κ2) is 6.47. The summed E-state index contributed by atoms with van der Waals surface area (Å²) in [5.41, 5.74) is 1.19. The SMILES string of the molecule is CCCNCc1csc(N2CCSCC2)n1. The predicted octanol–water partition coefficient (Wildman–Crippen LogP) is 2.20. The Balaban J connectivity index is 1.85. The molecular formula is C11H19N3S2. The Morgan fingerprint density at radius 1 is 1.44 bits per heavy atom. The van der Waals surface area contributed by atoms with Crippen LogP contribution < -0.4 is 10.2 Å². The van der Waals surface area contributed by atoms with Crippen LogP contribution in [-0.4, -0.2) is 36.1 Å². The van der Waals surface area contributed by atoms with E-state index in [1.54, 1.807) is 11.3 Å². The van der Waals surface area contributed by atoms with Gasteiger partial charge >= 0.3 is 0 Å². The van der Waals surface area contributed by atoms with Crippen molar-refractivity contribution in [1.82, 2.24) is 10.3 Å². The summed E-state index contributed by atoms with van der Waals surface area (Å²) in [6, 6.07) is 0. The molecule has 0 spiro atoms. The molecule has 2 rings (SSSR count). The molecule has 1 saturated heterocycles. The molecule has 0 aromatic carbocycles. The molecule has 1 aliphatic heterocycles. The minimum absolute atomic E-state index is 0.910. The molecule has 1 aromatic heterocycles. The molecule has 3 nitrogen and oxygen atoms in total. The second-order valence-corrected chi connectivity index (χ2v) is 5.96. The lowest BCUT2D eigenvalue weighted by Crippen LogP contribution is -2.32. The molecule has 0 amide bonds. The van der Waals surface area contributed by atoms with E-state index in [0.717, 1.165) is 26.2 Å². The van der Waals surface area contributed by atoms with Gasteiger partial charge in [-0.1, -0.05) is 6.92 Å². The summed E-state index contributed by atoms with van der Waals surface area (Å²) in [5.74, 6) is 2.48. The summed E-state index contributed by atoms with van der Waals surface area (Å²) >= 11 is 3.82. The van der Waals surface area contributed by atoms with E-state index in [4.69, 9.17) is 0 Å². The van der Waals surface area contributed by atoms with Crippen molar-refractivity contribution >= 4 is 28.2 Å². The Kier molecular flexibility index (Phi) is 4.93. The molecule has 0 radical (unpaired) electrons. The van der Waals surface area contributed by atoms with Crippen molar-refractivity contribution in [3.05, 3.63) is 11.1 Å². The van der Waals surface area contributed by atoms with Gasteiger partial charge in [0.05, 0.1) is 5.69 Å². The van der Waals surface area contributed by atoms with Crippen molar-refractivity contribution < 1.29 is 0 Å². The van der Waals surface area contributed by atoms with Gasteiger partial charge in [-0.25, -0.2) is 4.98 Å². The summed E-state index contributed by atoms with van der Waals surface area (Å²) in [6.07, 6.45) is 1.18. The molecule has 1 aromatic rings. The first-order valence-electron chi connectivity index (χ1n) is 5.88. The molecular weight excluding hydrogens is 238 g/mol. The minimum atomic E-state index is 0.910. The van der Waals surface area contributed by atoms with Gasteiger partial charge in [-0.05, 0) is 13.0 Å². The Bertz CT molecular complexity index is 308. The molecule has 16 heavy (non-hydrogen) atoms. The lowest BCUT2D eigenvalue weighted by atomic mass is 10.4. The third-order valence-corrected chi connectivity index (χ3v) is 4.45. The van der Waals surface area contributed by atoms with Gasteiger partial charge in [0.15, 0.2) is 5.13 Å². The van der Waals surface area contributed by atoms with Gasteiger partial charge in [-0.15, -0.1) is 11.3 Å². The molecule has 0 bridgehead atoms. The van der Waals surface area contributed by atoms with Gasteiger partial charge in [-0.2, -0.15) is 11.8 Å². The Morgan fingerprint density at radius 2 is 2.25 bits per heavy atom. The minimum Gasteiger partial charge on any atom is -0.346 e. The summed E-state index contributed by atoms with van der Waals surface area (Å²) in [6.45, 7) is 6.48. The van der Waals surface area contributed by atoms with Crippen molar-refractivity contribution in [2.45, 2.75) is 19.9 Å². The highest BCUT2D eigenvalue weighted by Crippen LogP contribution is 2.23. The van der Waals surface area contributed by atoms with Crippen molar-refractivity contribution in [2.75, 3.05) is 36.0 Å². The smallest absolute Gasteiger partial charge is 0.185 e. The summed E-state index contributed by atoms with van der Waals surface area (Å²) < 4.78 is 0. The largest absolute Gasteiger partial charge is 0.346 e. The number of aromatic nitrogens is 1. The van der Waals surface area contributed by atoms with E-state index >= 15 is 0 Å². The summed E-state index contributed by atoms with van der Waals surface area (Å²) in [5, 5.41) is 6.77. The summed E-state index contributed by atoms with van der Waals surface area (Å²) in [7, 11) is 0. The van der Waals surface area contributed by atoms with Gasteiger partial charge in [-0.3, -0.25) is 0 Å². The van der Waals surface area contributed by atoms with Crippen LogP contribution in [-0.2, 0) is 6.54 Å². The van der Waals surface area contributed by atoms with Crippen LogP contribution in [0.2, 0.25) is 0 Å². The fourth-order valence-electron chi connectivity index (χ4n) is 1.67. The highest BCUT2D eigenvalue weighted by molar-refractivity contribution is 7.99. The number of thiazole rings is 1. The number of thioether (sulfide) groups is 1. The number of hydrogen-bond donors (Lipinski definition) is 1. The van der Waals surface area contributed by atoms with Crippen LogP contribution in [0.5, 0.6) is 0 Å². The van der Waals surface area contributed by atoms with Crippen molar-refractivity contribution in [3.8, 4) is 0 Å². The first-order chi connectivity index (χ1) is 7.90. The maximum Gasteiger partial charge on any atom is 0.185 e. The van der Waals surface area contributed by atoms with Gasteiger partial charge in [0.2, 0.25) is 0 Å². The Hall–Kier alpha value is -0.260. The van der Waals surface area contributed by atoms with E-state index in [1.165, 1.54) is 28.8 Å². The second-order valence-electron chi connectivity index (χ2n) is 3.90. The maximum absolute atomic E-state index is 4.68. The fraction of sp³-hybridized carbons (Fsp3) is 0.727. The van der Waals surface area contributed by atoms with E-state index < -0.39 is 0 Å². The van der Waals surface area contributed by atoms with Crippen molar-refractivity contribution in [1.29, 1.82) is 0 Å². The number of nitrogens with one attached hydrogen (secondary N) is 1. The standard InChI is InChI=1S/C11H19N3S2/c1-2-3-12-8-10-9-16-11(13-10)14-4-6-15-7-5-14/h9,12H,2-8H2,1H3. The van der Waals surface area contributed by atoms with Crippen LogP contribution in [0.1, 0.15) is 19.0 Å². The monoisotopic (exact) mass is 257 g/mol. The zero-order chi connectivity index (χ0) is 11.2. The lowest BCUT2D eigenvalue weighted by Gasteiger charge is -2.25. The topological polar surface area (TPSA) is 28.2 Å². The number of anilines is 1. The van der Waals surface area contributed by atoms with Gasteiger partial charge in [0.1, 0.15) is 0 Å². The average Bonchev–Trinajstić information content (AvgIpc) is 2.79. The van der Waals surface area contributed by atoms with E-state index in [-0.39, 0.29) is 0 Å². The van der Waals surface area contributed by atoms with Gasteiger partial charge < -0.3 is 10.2 Å². The molecule has 90 valence electrons. The van der Waals surface area contributed by atoms with Crippen molar-refractivity contribution in [2.24, 2.45) is 0 Å². The zero-order valence-corrected chi connectivity index (χ0v) is 11.4. The van der Waals surface area contributed by atoms with Crippen LogP contribution in [0, 0.1) is 0 Å². The Morgan fingerprint density at radius 3 is 3.00 bits per heavy atom. The van der Waals surface area contributed by atoms with Crippen LogP contribution in [0.3, 0.4) is 0 Å². The van der Waals surface area contributed by atoms with Gasteiger partial charge in [0.25, 0.3) is 0 Å². The first-order valence-corrected chi connectivity index (χ1v) is 7.91. The molecule has 0 unspecified atom stereocenters. The highest BCUT2D eigenvalue weighted by atomic mass is 32.2. The fourth-order valence-corrected chi connectivity index (χ4v) is 3.45. The van der Waals surface area contributed by atoms with Crippen LogP contribution in [0.4, 0.5) is 5.13 Å². The quantitative estimate of drug-likeness (QED) is 0.819. The molecule has 0 aliphatic carbocycles. The molecule has 0 saturated carbocycles. The molecule has 1 fully saturated rings. The van der Waals surface area contributed by atoms with Crippen LogP contribution in [0.25, 0.3) is 0 Å². The third kappa shape index (κ3) is 3.37. The molecule has 2 heterocycles. The molecule has 1 N–H and O–H groups in total. The molecule has 5 heteroatoms. The third-order valence-electron chi connectivity index (χ3n) is 2.55. The highest BCUT2D eigenvalue weighted by Gasteiger charge is 2.14. The molecule has 1 aliphatic rings. The zero-order valence-electron chi connectivity index (χ0n) is 9.74. The van der Waals surface area contributed by atoms with Crippen LogP contribution >= 0.6 is 23.1 Å². The normalized spacial score (nSPS) is 16.7. The van der Waals surface area contributed by atoms with Crippen molar-refractivity contribution in [3.63, 3.8) is 0 Å². The number of hydrogen-bond acceptors (Lipinski definition) is 5. The molecule has 0 atom stereocenters. The van der Waals surface area contributed by atoms with E-state index in [1.807, 2.05) is 11.8 Å². The Labute approximate surface area is 106 Å². The van der Waals surface area contributed by atoms with Crippen LogP contribution in [0.15, 0.2) is 5.38 Å². The van der Waals surface area contributed by atoms with E-state index in [0.29, 0.717) is 0 Å². The first kappa shape index (κ1) is 12.2. The number of nitrogens with zero attached hydrogens (tertiary/aromatic N) is 2. The number of rotatable bonds is 5. The van der Waals surface area contributed by atoms with E-state index in [2.05, 4.69) is 27.5 Å². The predicted molar refractivity (Wildman–Crippen MR) is 73.6 cm³/mol. The van der Waals surface area contributed by atoms with E-state index in [9.17, 15) is 0 Å². The average molecular weight is 257 g/mol.